The molecule has 0 fully saturated rings. The number of esters is 3. The third kappa shape index (κ3) is 4.37. The van der Waals surface area contributed by atoms with Gasteiger partial charge >= 0.3 is 17.9 Å². The Morgan fingerprint density at radius 1 is 1.17 bits per heavy atom. The Hall–Kier alpha value is -2.77. The first-order valence-corrected chi connectivity index (χ1v) is 7.42. The highest BCUT2D eigenvalue weighted by Crippen LogP contribution is 2.23. The van der Waals surface area contributed by atoms with Crippen LogP contribution in [0.2, 0.25) is 0 Å². The van der Waals surface area contributed by atoms with Crippen LogP contribution < -0.4 is 5.32 Å². The molecule has 0 unspecified atom stereocenters. The number of hydrogen-bond acceptors (Lipinski definition) is 7. The lowest BCUT2D eigenvalue weighted by atomic mass is 10.2. The van der Waals surface area contributed by atoms with Crippen LogP contribution in [0.4, 0.5) is 5.69 Å². The highest BCUT2D eigenvalue weighted by molar-refractivity contribution is 6.14. The molecule has 132 valence electrons. The molecule has 0 aromatic carbocycles. The molecule has 1 heterocycles. The van der Waals surface area contributed by atoms with Crippen LogP contribution in [0.5, 0.6) is 0 Å². The van der Waals surface area contributed by atoms with Gasteiger partial charge in [-0.2, -0.15) is 0 Å². The summed E-state index contributed by atoms with van der Waals surface area (Å²) in [5.74, 6) is -2.15. The van der Waals surface area contributed by atoms with Crippen molar-refractivity contribution in [3.05, 3.63) is 29.2 Å². The monoisotopic (exact) mass is 338 g/mol. The van der Waals surface area contributed by atoms with Gasteiger partial charge in [-0.3, -0.25) is 0 Å². The number of rotatable bonds is 7. The maximum atomic E-state index is 11.9. The first-order chi connectivity index (χ1) is 11.4. The molecule has 0 radical (unpaired) electrons. The zero-order chi connectivity index (χ0) is 18.3. The van der Waals surface area contributed by atoms with E-state index < -0.39 is 17.9 Å². The summed E-state index contributed by atoms with van der Waals surface area (Å²) in [5, 5.41) is 2.78. The van der Waals surface area contributed by atoms with Crippen molar-refractivity contribution in [3.63, 3.8) is 0 Å². The van der Waals surface area contributed by atoms with Gasteiger partial charge in [0, 0.05) is 25.1 Å². The van der Waals surface area contributed by atoms with Crippen molar-refractivity contribution >= 4 is 23.6 Å². The van der Waals surface area contributed by atoms with E-state index in [9.17, 15) is 14.4 Å². The first-order valence-electron chi connectivity index (χ1n) is 7.42. The summed E-state index contributed by atoms with van der Waals surface area (Å²) < 4.78 is 16.2. The predicted molar refractivity (Wildman–Crippen MR) is 86.5 cm³/mol. The standard InChI is InChI=1S/C16H22N2O6/c1-6-23-14(19)11(15(20)24-7-2)8-17-12-9-18(4)10(3)13(12)16(21)22-5/h8-9,17H,6-7H2,1-5H3. The van der Waals surface area contributed by atoms with E-state index in [0.29, 0.717) is 16.9 Å². The van der Waals surface area contributed by atoms with Crippen molar-refractivity contribution in [2.75, 3.05) is 25.6 Å². The van der Waals surface area contributed by atoms with Gasteiger partial charge in [-0.25, -0.2) is 14.4 Å². The van der Waals surface area contributed by atoms with E-state index in [1.54, 1.807) is 38.6 Å². The Kier molecular flexibility index (Phi) is 7.03. The molecule has 1 aromatic rings. The van der Waals surface area contributed by atoms with Gasteiger partial charge in [-0.15, -0.1) is 0 Å². The number of nitrogens with one attached hydrogen (secondary N) is 1. The number of methoxy groups -OCH3 is 1. The lowest BCUT2D eigenvalue weighted by Gasteiger charge is -2.08. The predicted octanol–water partition coefficient (Wildman–Crippen LogP) is 1.54. The van der Waals surface area contributed by atoms with Crippen molar-refractivity contribution in [1.82, 2.24) is 4.57 Å². The second-order valence-corrected chi connectivity index (χ2v) is 4.75. The summed E-state index contributed by atoms with van der Waals surface area (Å²) in [6.07, 6.45) is 2.81. The van der Waals surface area contributed by atoms with Gasteiger partial charge in [0.25, 0.3) is 0 Å². The second-order valence-electron chi connectivity index (χ2n) is 4.75. The Balaban J connectivity index is 3.18. The summed E-state index contributed by atoms with van der Waals surface area (Å²) in [6.45, 7) is 5.24. The lowest BCUT2D eigenvalue weighted by Crippen LogP contribution is -2.19. The van der Waals surface area contributed by atoms with Gasteiger partial charge in [-0.05, 0) is 20.8 Å². The van der Waals surface area contributed by atoms with Gasteiger partial charge in [-0.1, -0.05) is 0 Å². The largest absolute Gasteiger partial charge is 0.465 e. The number of aryl methyl sites for hydroxylation is 1. The van der Waals surface area contributed by atoms with E-state index in [1.807, 2.05) is 0 Å². The Morgan fingerprint density at radius 3 is 2.17 bits per heavy atom. The van der Waals surface area contributed by atoms with E-state index in [2.05, 4.69) is 5.32 Å². The molecule has 1 N–H and O–H groups in total. The number of anilines is 1. The number of carbonyl (C=O) groups excluding carboxylic acids is 3. The molecule has 8 heteroatoms. The van der Waals surface area contributed by atoms with Crippen molar-refractivity contribution in [1.29, 1.82) is 0 Å². The van der Waals surface area contributed by atoms with E-state index in [4.69, 9.17) is 14.2 Å². The summed E-state index contributed by atoms with van der Waals surface area (Å²) >= 11 is 0. The van der Waals surface area contributed by atoms with E-state index in [1.165, 1.54) is 7.11 Å². The smallest absolute Gasteiger partial charge is 0.347 e. The van der Waals surface area contributed by atoms with Gasteiger partial charge in [0.15, 0.2) is 5.57 Å². The molecule has 0 aliphatic rings. The molecule has 24 heavy (non-hydrogen) atoms. The minimum atomic E-state index is -0.810. The van der Waals surface area contributed by atoms with E-state index >= 15 is 0 Å². The second kappa shape index (κ2) is 8.76. The molecule has 0 atom stereocenters. The van der Waals surface area contributed by atoms with E-state index in [0.717, 1.165) is 6.20 Å². The molecule has 0 saturated heterocycles. The molecule has 0 spiro atoms. The molecule has 8 nitrogen and oxygen atoms in total. The lowest BCUT2D eigenvalue weighted by molar-refractivity contribution is -0.146. The average molecular weight is 338 g/mol. The van der Waals surface area contributed by atoms with Gasteiger partial charge in [0.2, 0.25) is 0 Å². The van der Waals surface area contributed by atoms with Crippen molar-refractivity contribution in [3.8, 4) is 0 Å². The van der Waals surface area contributed by atoms with Crippen LogP contribution in [0.25, 0.3) is 0 Å². The zero-order valence-corrected chi connectivity index (χ0v) is 14.5. The fourth-order valence-corrected chi connectivity index (χ4v) is 1.96. The number of nitrogens with zero attached hydrogens (tertiary/aromatic N) is 1. The molecule has 0 aliphatic heterocycles. The van der Waals surface area contributed by atoms with Gasteiger partial charge in [0.05, 0.1) is 26.0 Å². The molecule has 0 bridgehead atoms. The molecular weight excluding hydrogens is 316 g/mol. The first kappa shape index (κ1) is 19.3. The fraction of sp³-hybridized carbons (Fsp3) is 0.438. The molecule has 1 rings (SSSR count). The summed E-state index contributed by atoms with van der Waals surface area (Å²) in [7, 11) is 3.03. The van der Waals surface area contributed by atoms with Crippen molar-refractivity contribution in [2.45, 2.75) is 20.8 Å². The van der Waals surface area contributed by atoms with E-state index in [-0.39, 0.29) is 18.8 Å². The maximum absolute atomic E-state index is 11.9. The Morgan fingerprint density at radius 2 is 1.71 bits per heavy atom. The minimum Gasteiger partial charge on any atom is -0.465 e. The Labute approximate surface area is 140 Å². The third-order valence-electron chi connectivity index (χ3n) is 3.24. The number of ether oxygens (including phenoxy) is 3. The maximum Gasteiger partial charge on any atom is 0.347 e. The highest BCUT2D eigenvalue weighted by Gasteiger charge is 2.23. The molecule has 0 amide bonds. The van der Waals surface area contributed by atoms with Gasteiger partial charge < -0.3 is 24.1 Å². The molecule has 1 aromatic heterocycles. The Bertz CT molecular complexity index is 640. The van der Waals surface area contributed by atoms with Crippen LogP contribution in [0, 0.1) is 6.92 Å². The molecule has 0 aliphatic carbocycles. The quantitative estimate of drug-likeness (QED) is 0.265. The third-order valence-corrected chi connectivity index (χ3v) is 3.24. The normalized spacial score (nSPS) is 9.88. The number of hydrogen-bond donors (Lipinski definition) is 1. The van der Waals surface area contributed by atoms with Crippen LogP contribution in [-0.4, -0.2) is 42.8 Å². The summed E-state index contributed by atoms with van der Waals surface area (Å²) in [6, 6.07) is 0. The topological polar surface area (TPSA) is 95.9 Å². The number of carbonyl (C=O) groups is 3. The van der Waals surface area contributed by atoms with Crippen LogP contribution >= 0.6 is 0 Å². The highest BCUT2D eigenvalue weighted by atomic mass is 16.6. The zero-order valence-electron chi connectivity index (χ0n) is 14.5. The SMILES string of the molecule is CCOC(=O)C(=CNc1cn(C)c(C)c1C(=O)OC)C(=O)OCC. The van der Waals surface area contributed by atoms with Crippen LogP contribution in [0.3, 0.4) is 0 Å². The minimum absolute atomic E-state index is 0.118. The average Bonchev–Trinajstić information content (AvgIpc) is 2.82. The summed E-state index contributed by atoms with van der Waals surface area (Å²) in [4.78, 5) is 35.7. The number of aromatic nitrogens is 1. The van der Waals surface area contributed by atoms with Crippen molar-refractivity contribution in [2.24, 2.45) is 7.05 Å². The summed E-state index contributed by atoms with van der Waals surface area (Å²) in [5.41, 5.74) is 1.08. The van der Waals surface area contributed by atoms with Crippen LogP contribution in [-0.2, 0) is 30.8 Å². The van der Waals surface area contributed by atoms with Crippen LogP contribution in [0.15, 0.2) is 18.0 Å². The van der Waals surface area contributed by atoms with Crippen molar-refractivity contribution < 1.29 is 28.6 Å². The fourth-order valence-electron chi connectivity index (χ4n) is 1.96. The van der Waals surface area contributed by atoms with Gasteiger partial charge in [0.1, 0.15) is 5.56 Å². The van der Waals surface area contributed by atoms with Crippen LogP contribution in [0.1, 0.15) is 29.9 Å². The molecule has 0 saturated carbocycles. The molecular formula is C16H22N2O6.